The third kappa shape index (κ3) is 8.52. The number of carbonyl (C=O) groups excluding carboxylic acids is 2. The smallest absolute Gasteiger partial charge is 0.264 e. The Morgan fingerprint density at radius 2 is 1.44 bits per heavy atom. The van der Waals surface area contributed by atoms with Gasteiger partial charge < -0.3 is 10.2 Å². The highest BCUT2D eigenvalue weighted by molar-refractivity contribution is 7.92. The summed E-state index contributed by atoms with van der Waals surface area (Å²) in [6.45, 7) is 6.89. The number of rotatable bonds is 11. The molecule has 220 valence electrons. The molecule has 0 saturated heterocycles. The number of benzene rings is 3. The lowest BCUT2D eigenvalue weighted by molar-refractivity contribution is -0.139. The van der Waals surface area contributed by atoms with Crippen molar-refractivity contribution in [3.05, 3.63) is 91.9 Å². The third-order valence-corrected chi connectivity index (χ3v) is 9.20. The SMILES string of the molecule is Cc1ccc(S(=O)(=O)N(CC(=O)N(Cc2c(Cl)cccc2Cl)C(C)C(=O)NCC(C)C)c2cc(Cl)cc(Cl)c2)cc1. The van der Waals surface area contributed by atoms with Gasteiger partial charge in [0.1, 0.15) is 12.6 Å². The first-order chi connectivity index (χ1) is 19.2. The second-order valence-corrected chi connectivity index (χ2v) is 13.5. The van der Waals surface area contributed by atoms with E-state index < -0.39 is 34.4 Å². The van der Waals surface area contributed by atoms with Crippen LogP contribution < -0.4 is 9.62 Å². The maximum Gasteiger partial charge on any atom is 0.264 e. The average Bonchev–Trinajstić information content (AvgIpc) is 2.89. The molecule has 0 spiro atoms. The highest BCUT2D eigenvalue weighted by Crippen LogP contribution is 2.31. The lowest BCUT2D eigenvalue weighted by Crippen LogP contribution is -2.51. The largest absolute Gasteiger partial charge is 0.354 e. The number of halogens is 4. The van der Waals surface area contributed by atoms with E-state index in [0.717, 1.165) is 9.87 Å². The molecule has 0 saturated carbocycles. The number of hydrogen-bond donors (Lipinski definition) is 1. The number of nitrogens with one attached hydrogen (secondary N) is 1. The van der Waals surface area contributed by atoms with Gasteiger partial charge in [-0.1, -0.05) is 84.0 Å². The van der Waals surface area contributed by atoms with E-state index in [1.54, 1.807) is 37.3 Å². The Hall–Kier alpha value is -2.49. The number of amides is 2. The van der Waals surface area contributed by atoms with Crippen LogP contribution in [0.4, 0.5) is 5.69 Å². The molecule has 12 heteroatoms. The predicted octanol–water partition coefficient (Wildman–Crippen LogP) is 6.99. The summed E-state index contributed by atoms with van der Waals surface area (Å²) >= 11 is 25.3. The molecule has 1 atom stereocenters. The summed E-state index contributed by atoms with van der Waals surface area (Å²) in [5, 5.41) is 3.80. The van der Waals surface area contributed by atoms with Crippen LogP contribution in [-0.4, -0.2) is 44.3 Å². The monoisotopic (exact) mass is 657 g/mol. The quantitative estimate of drug-likeness (QED) is 0.241. The molecule has 41 heavy (non-hydrogen) atoms. The molecule has 1 N–H and O–H groups in total. The van der Waals surface area contributed by atoms with E-state index in [1.165, 1.54) is 35.2 Å². The van der Waals surface area contributed by atoms with Crippen molar-refractivity contribution >= 4 is 73.9 Å². The highest BCUT2D eigenvalue weighted by atomic mass is 35.5. The number of nitrogens with zero attached hydrogens (tertiary/aromatic N) is 2. The molecule has 0 aliphatic rings. The van der Waals surface area contributed by atoms with Gasteiger partial charge >= 0.3 is 0 Å². The fourth-order valence-corrected chi connectivity index (χ4v) is 6.37. The van der Waals surface area contributed by atoms with Gasteiger partial charge in [-0.3, -0.25) is 13.9 Å². The molecule has 0 bridgehead atoms. The molecule has 3 aromatic carbocycles. The van der Waals surface area contributed by atoms with Crippen molar-refractivity contribution in [2.45, 2.75) is 45.2 Å². The Labute approximate surface area is 261 Å². The van der Waals surface area contributed by atoms with Crippen molar-refractivity contribution < 1.29 is 18.0 Å². The maximum absolute atomic E-state index is 14.0. The molecule has 0 fully saturated rings. The molecule has 0 aliphatic carbocycles. The van der Waals surface area contributed by atoms with E-state index in [-0.39, 0.29) is 33.1 Å². The summed E-state index contributed by atoms with van der Waals surface area (Å²) in [5.74, 6) is -0.898. The molecule has 0 heterocycles. The highest BCUT2D eigenvalue weighted by Gasteiger charge is 2.33. The molecule has 0 aromatic heterocycles. The third-order valence-electron chi connectivity index (χ3n) is 6.27. The van der Waals surface area contributed by atoms with E-state index in [0.29, 0.717) is 22.2 Å². The van der Waals surface area contributed by atoms with Crippen molar-refractivity contribution in [1.82, 2.24) is 10.2 Å². The van der Waals surface area contributed by atoms with Gasteiger partial charge in [0.2, 0.25) is 11.8 Å². The van der Waals surface area contributed by atoms with Crippen LogP contribution in [0, 0.1) is 12.8 Å². The van der Waals surface area contributed by atoms with E-state index in [4.69, 9.17) is 46.4 Å². The first-order valence-electron chi connectivity index (χ1n) is 12.8. The molecule has 0 radical (unpaired) electrons. The summed E-state index contributed by atoms with van der Waals surface area (Å²) in [6.07, 6.45) is 0. The molecule has 1 unspecified atom stereocenters. The van der Waals surface area contributed by atoms with Crippen molar-refractivity contribution in [3.63, 3.8) is 0 Å². The van der Waals surface area contributed by atoms with Gasteiger partial charge in [0, 0.05) is 38.7 Å². The normalized spacial score (nSPS) is 12.2. The topological polar surface area (TPSA) is 86.8 Å². The molecule has 0 aliphatic heterocycles. The number of carbonyl (C=O) groups is 2. The van der Waals surface area contributed by atoms with Crippen LogP contribution in [-0.2, 0) is 26.2 Å². The molecule has 2 amide bonds. The zero-order chi connectivity index (χ0) is 30.5. The molecule has 3 rings (SSSR count). The first kappa shape index (κ1) is 33.0. The van der Waals surface area contributed by atoms with Gasteiger partial charge in [-0.05, 0) is 62.2 Å². The fraction of sp³-hybridized carbons (Fsp3) is 0.310. The zero-order valence-electron chi connectivity index (χ0n) is 23.0. The number of hydrogen-bond acceptors (Lipinski definition) is 4. The van der Waals surface area contributed by atoms with E-state index in [1.807, 2.05) is 20.8 Å². The lowest BCUT2D eigenvalue weighted by Gasteiger charge is -2.32. The second-order valence-electron chi connectivity index (χ2n) is 9.99. The van der Waals surface area contributed by atoms with Gasteiger partial charge in [0.15, 0.2) is 0 Å². The minimum Gasteiger partial charge on any atom is -0.354 e. The van der Waals surface area contributed by atoms with Crippen LogP contribution in [0.5, 0.6) is 0 Å². The molecular weight excluding hydrogens is 628 g/mol. The van der Waals surface area contributed by atoms with Crippen LogP contribution >= 0.6 is 46.4 Å². The lowest BCUT2D eigenvalue weighted by atomic mass is 10.1. The van der Waals surface area contributed by atoms with Gasteiger partial charge in [0.25, 0.3) is 10.0 Å². The van der Waals surface area contributed by atoms with Crippen molar-refractivity contribution in [2.24, 2.45) is 5.92 Å². The summed E-state index contributed by atoms with van der Waals surface area (Å²) in [6, 6.07) is 14.4. The van der Waals surface area contributed by atoms with Gasteiger partial charge in [0.05, 0.1) is 10.6 Å². The summed E-state index contributed by atoms with van der Waals surface area (Å²) in [5.41, 5.74) is 1.37. The van der Waals surface area contributed by atoms with Crippen LogP contribution in [0.1, 0.15) is 31.9 Å². The number of sulfonamides is 1. The fourth-order valence-electron chi connectivity index (χ4n) is 3.94. The van der Waals surface area contributed by atoms with Crippen LogP contribution in [0.3, 0.4) is 0 Å². The van der Waals surface area contributed by atoms with Gasteiger partial charge in [-0.2, -0.15) is 0 Å². The van der Waals surface area contributed by atoms with E-state index >= 15 is 0 Å². The van der Waals surface area contributed by atoms with Crippen molar-refractivity contribution in [3.8, 4) is 0 Å². The van der Waals surface area contributed by atoms with Crippen LogP contribution in [0.25, 0.3) is 0 Å². The zero-order valence-corrected chi connectivity index (χ0v) is 26.8. The summed E-state index contributed by atoms with van der Waals surface area (Å²) < 4.78 is 28.8. The van der Waals surface area contributed by atoms with Crippen molar-refractivity contribution in [2.75, 3.05) is 17.4 Å². The average molecular weight is 659 g/mol. The Morgan fingerprint density at radius 3 is 1.98 bits per heavy atom. The Bertz CT molecular complexity index is 1470. The number of aryl methyl sites for hydroxylation is 1. The minimum atomic E-state index is -4.27. The van der Waals surface area contributed by atoms with Gasteiger partial charge in [-0.25, -0.2) is 8.42 Å². The van der Waals surface area contributed by atoms with Crippen molar-refractivity contribution in [1.29, 1.82) is 0 Å². The standard InChI is InChI=1S/C29H31Cl4N3O4S/c1-18(2)15-34-29(38)20(4)35(16-25-26(32)6-5-7-27(25)33)28(37)17-36(23-13-21(30)12-22(31)14-23)41(39,40)24-10-8-19(3)9-11-24/h5-14,18,20H,15-17H2,1-4H3,(H,34,38). The van der Waals surface area contributed by atoms with Crippen LogP contribution in [0.2, 0.25) is 20.1 Å². The van der Waals surface area contributed by atoms with E-state index in [2.05, 4.69) is 5.32 Å². The predicted molar refractivity (Wildman–Crippen MR) is 166 cm³/mol. The minimum absolute atomic E-state index is 0.0320. The summed E-state index contributed by atoms with van der Waals surface area (Å²) in [7, 11) is -4.27. The number of anilines is 1. The van der Waals surface area contributed by atoms with E-state index in [9.17, 15) is 18.0 Å². The maximum atomic E-state index is 14.0. The summed E-state index contributed by atoms with van der Waals surface area (Å²) in [4.78, 5) is 28.4. The van der Waals surface area contributed by atoms with Crippen LogP contribution in [0.15, 0.2) is 65.6 Å². The first-order valence-corrected chi connectivity index (χ1v) is 15.7. The molecule has 3 aromatic rings. The van der Waals surface area contributed by atoms with Gasteiger partial charge in [-0.15, -0.1) is 0 Å². The molecule has 7 nitrogen and oxygen atoms in total. The Balaban J connectivity index is 2.09. The Morgan fingerprint density at radius 1 is 0.878 bits per heavy atom. The second kappa shape index (κ2) is 14.1. The Kier molecular flexibility index (Phi) is 11.4. The molecular formula is C29H31Cl4N3O4S.